The summed E-state index contributed by atoms with van der Waals surface area (Å²) in [4.78, 5) is 5.38. The Labute approximate surface area is 491 Å². The fourth-order valence-corrected chi connectivity index (χ4v) is 14.5. The average Bonchev–Trinajstić information content (AvgIpc) is 1.91. The van der Waals surface area contributed by atoms with Gasteiger partial charge < -0.3 is 18.8 Å². The molecule has 11 aromatic rings. The fourth-order valence-electron chi connectivity index (χ4n) is 14.5. The van der Waals surface area contributed by atoms with Gasteiger partial charge in [0.05, 0.1) is 28.1 Å². The van der Waals surface area contributed by atoms with Crippen LogP contribution >= 0.6 is 0 Å². The lowest BCUT2D eigenvalue weighted by atomic mass is 9.33. The maximum Gasteiger partial charge on any atom is 0.252 e. The number of furan rings is 1. The zero-order valence-corrected chi connectivity index (χ0v) is 51.3. The molecule has 14 rings (SSSR count). The van der Waals surface area contributed by atoms with Crippen molar-refractivity contribution >= 4 is 107 Å². The lowest BCUT2D eigenvalue weighted by molar-refractivity contribution is 0.590. The molecule has 2 aromatic heterocycles. The summed E-state index contributed by atoms with van der Waals surface area (Å²) in [7, 11) is 0. The molecular weight excluding hydrogens is 1010 g/mol. The summed E-state index contributed by atoms with van der Waals surface area (Å²) in [5, 5.41) is 4.85. The minimum absolute atomic E-state index is 0.0404. The van der Waals surface area contributed by atoms with Crippen LogP contribution in [0.2, 0.25) is 0 Å². The van der Waals surface area contributed by atoms with Gasteiger partial charge in [0.1, 0.15) is 11.2 Å². The van der Waals surface area contributed by atoms with E-state index in [1.165, 1.54) is 139 Å². The number of fused-ring (bicyclic) bond motifs is 10. The molecule has 9 aromatic carbocycles. The molecule has 0 N–H and O–H groups in total. The first-order chi connectivity index (χ1) is 39.5. The summed E-state index contributed by atoms with van der Waals surface area (Å²) >= 11 is 0. The second-order valence-corrected chi connectivity index (χ2v) is 27.6. The molecule has 0 atom stereocenters. The summed E-state index contributed by atoms with van der Waals surface area (Å²) in [5.41, 5.74) is 32.9. The van der Waals surface area contributed by atoms with Gasteiger partial charge in [-0.15, -0.1) is 0 Å². The van der Waals surface area contributed by atoms with Gasteiger partial charge >= 0.3 is 0 Å². The highest BCUT2D eigenvalue weighted by Gasteiger charge is 2.46. The summed E-state index contributed by atoms with van der Waals surface area (Å²) in [6.07, 6.45) is 9.22. The second-order valence-electron chi connectivity index (χ2n) is 27.6. The first-order valence-electron chi connectivity index (χ1n) is 30.2. The minimum Gasteiger partial charge on any atom is -0.455 e. The molecule has 0 saturated heterocycles. The highest BCUT2D eigenvalue weighted by atomic mass is 16.3. The lowest BCUT2D eigenvalue weighted by Gasteiger charge is -2.46. The van der Waals surface area contributed by atoms with Crippen LogP contribution in [0.25, 0.3) is 66.1 Å². The Bertz CT molecular complexity index is 4580. The van der Waals surface area contributed by atoms with Crippen molar-refractivity contribution < 1.29 is 4.42 Å². The molecule has 0 saturated carbocycles. The number of nitrogens with zero attached hydrogens (tertiary/aromatic N) is 3. The van der Waals surface area contributed by atoms with Crippen molar-refractivity contribution in [2.75, 3.05) is 9.80 Å². The smallest absolute Gasteiger partial charge is 0.252 e. The Kier molecular flexibility index (Phi) is 11.8. The normalized spacial score (nSPS) is 14.3. The molecule has 0 radical (unpaired) electrons. The van der Waals surface area contributed by atoms with Crippen LogP contribution in [0, 0.1) is 41.5 Å². The Hall–Kier alpha value is -8.28. The van der Waals surface area contributed by atoms with Crippen LogP contribution in [0.15, 0.2) is 168 Å². The van der Waals surface area contributed by atoms with Crippen LogP contribution in [0.4, 0.5) is 34.1 Å². The molecule has 0 bridgehead atoms. The quantitative estimate of drug-likeness (QED) is 0.161. The second kappa shape index (κ2) is 18.6. The number of rotatable bonds is 5. The predicted molar refractivity (Wildman–Crippen MR) is 358 cm³/mol. The first-order valence-corrected chi connectivity index (χ1v) is 30.2. The van der Waals surface area contributed by atoms with E-state index in [0.717, 1.165) is 45.9 Å². The van der Waals surface area contributed by atoms with Crippen molar-refractivity contribution in [2.45, 2.75) is 133 Å². The Balaban J connectivity index is 1.11. The van der Waals surface area contributed by atoms with Crippen molar-refractivity contribution in [1.82, 2.24) is 4.57 Å². The molecule has 0 spiro atoms. The molecule has 0 unspecified atom stereocenters. The number of para-hydroxylation sites is 3. The molecule has 4 heterocycles. The standard InChI is InChI=1S/C78H76BN3O/c1-45-23-21-24-46(2)72(45)80-64-34-32-54(76(7,8)9)39-60(64)61-43-63-67(44-65(61)80)82(73-47(3)35-52(36-48(73)4)51-25-17-16-18-26-51)69-42-56(78(13,14)15)41-68-71(69)79(63)62-33-31-55(77(10,11)12)40-66(62)81(68)74-49(5)37-53(38-50(74)6)57-28-22-29-59-58-27-19-20-30-70(58)83-75(57)59/h17,19-44H,16,18H2,1-15H3. The molecule has 0 amide bonds. The van der Waals surface area contributed by atoms with Crippen molar-refractivity contribution in [3.05, 3.63) is 219 Å². The number of hydrogen-bond donors (Lipinski definition) is 0. The Morgan fingerprint density at radius 1 is 0.422 bits per heavy atom. The van der Waals surface area contributed by atoms with Crippen LogP contribution < -0.4 is 26.2 Å². The number of aromatic nitrogens is 1. The molecule has 5 heteroatoms. The van der Waals surface area contributed by atoms with Gasteiger partial charge in [0.15, 0.2) is 0 Å². The largest absolute Gasteiger partial charge is 0.455 e. The third kappa shape index (κ3) is 8.23. The first kappa shape index (κ1) is 52.8. The number of benzene rings is 9. The van der Waals surface area contributed by atoms with E-state index >= 15 is 0 Å². The maximum absolute atomic E-state index is 6.70. The molecule has 3 aliphatic rings. The predicted octanol–water partition coefficient (Wildman–Crippen LogP) is 19.9. The molecular formula is C78H76BN3O. The number of hydrogen-bond acceptors (Lipinski definition) is 3. The van der Waals surface area contributed by atoms with Crippen LogP contribution in [0.5, 0.6) is 0 Å². The van der Waals surface area contributed by atoms with Crippen molar-refractivity contribution in [1.29, 1.82) is 0 Å². The molecule has 4 nitrogen and oxygen atoms in total. The molecule has 412 valence electrons. The summed E-state index contributed by atoms with van der Waals surface area (Å²) in [5.74, 6) is 0. The summed E-state index contributed by atoms with van der Waals surface area (Å²) < 4.78 is 9.29. The van der Waals surface area contributed by atoms with Gasteiger partial charge in [-0.25, -0.2) is 0 Å². The topological polar surface area (TPSA) is 24.6 Å². The van der Waals surface area contributed by atoms with Crippen molar-refractivity contribution in [2.24, 2.45) is 0 Å². The van der Waals surface area contributed by atoms with Crippen molar-refractivity contribution in [3.63, 3.8) is 0 Å². The zero-order chi connectivity index (χ0) is 57.9. The molecule has 2 aliphatic heterocycles. The Morgan fingerprint density at radius 3 is 1.60 bits per heavy atom. The minimum atomic E-state index is -0.192. The zero-order valence-electron chi connectivity index (χ0n) is 51.3. The van der Waals surface area contributed by atoms with Crippen LogP contribution in [0.1, 0.15) is 131 Å². The molecule has 0 fully saturated rings. The van der Waals surface area contributed by atoms with E-state index in [-0.39, 0.29) is 23.0 Å². The van der Waals surface area contributed by atoms with Gasteiger partial charge in [-0.1, -0.05) is 159 Å². The van der Waals surface area contributed by atoms with E-state index in [9.17, 15) is 0 Å². The third-order valence-electron chi connectivity index (χ3n) is 18.7. The number of aryl methyl sites for hydroxylation is 6. The number of anilines is 6. The van der Waals surface area contributed by atoms with E-state index in [1.807, 2.05) is 0 Å². The van der Waals surface area contributed by atoms with Gasteiger partial charge in [0, 0.05) is 49.9 Å². The van der Waals surface area contributed by atoms with Gasteiger partial charge in [-0.05, 0) is 221 Å². The van der Waals surface area contributed by atoms with E-state index < -0.39 is 0 Å². The van der Waals surface area contributed by atoms with Gasteiger partial charge in [0.2, 0.25) is 0 Å². The highest BCUT2D eigenvalue weighted by molar-refractivity contribution is 7.00. The highest BCUT2D eigenvalue weighted by Crippen LogP contribution is 2.52. The third-order valence-corrected chi connectivity index (χ3v) is 18.7. The summed E-state index contributed by atoms with van der Waals surface area (Å²) in [6, 6.07) is 56.6. The van der Waals surface area contributed by atoms with Gasteiger partial charge in [0.25, 0.3) is 6.71 Å². The van der Waals surface area contributed by atoms with Gasteiger partial charge in [-0.2, -0.15) is 0 Å². The summed E-state index contributed by atoms with van der Waals surface area (Å²) in [6.45, 7) is 35.1. The van der Waals surface area contributed by atoms with E-state index in [4.69, 9.17) is 4.42 Å². The van der Waals surface area contributed by atoms with Crippen LogP contribution in [-0.4, -0.2) is 11.3 Å². The fraction of sp³-hybridized carbons (Fsp3) is 0.256. The van der Waals surface area contributed by atoms with Crippen molar-refractivity contribution in [3.8, 4) is 16.8 Å². The van der Waals surface area contributed by atoms with Gasteiger partial charge in [-0.3, -0.25) is 0 Å². The van der Waals surface area contributed by atoms with Crippen LogP contribution in [-0.2, 0) is 16.2 Å². The Morgan fingerprint density at radius 2 is 0.976 bits per heavy atom. The van der Waals surface area contributed by atoms with E-state index in [1.54, 1.807) is 0 Å². The molecule has 83 heavy (non-hydrogen) atoms. The van der Waals surface area contributed by atoms with E-state index in [0.29, 0.717) is 0 Å². The van der Waals surface area contributed by atoms with E-state index in [2.05, 4.69) is 282 Å². The monoisotopic (exact) mass is 1080 g/mol. The number of allylic oxidation sites excluding steroid dienone is 4. The lowest BCUT2D eigenvalue weighted by Crippen LogP contribution is -2.61. The average molecular weight is 1080 g/mol. The SMILES string of the molecule is Cc1cc(-c2cccc3c2oc2ccccc23)cc(C)c1N1c2cc(C(C)(C)C)ccc2B2c3cc4c5cc(C(C)(C)C)ccc5n(-c5c(C)cccc5C)c4cc3N(c3c(C)cc(C4=CCCC=C4)cc3C)c3cc(C(C)(C)C)cc1c32. The molecule has 1 aliphatic carbocycles. The van der Waals surface area contributed by atoms with Crippen LogP contribution in [0.3, 0.4) is 0 Å². The maximum atomic E-state index is 6.70.